The third kappa shape index (κ3) is 5.01. The highest BCUT2D eigenvalue weighted by Crippen LogP contribution is 2.39. The van der Waals surface area contributed by atoms with Crippen molar-refractivity contribution in [2.45, 2.75) is 58.7 Å². The minimum atomic E-state index is -4.68. The zero-order valence-electron chi connectivity index (χ0n) is 17.8. The first-order valence-corrected chi connectivity index (χ1v) is 11.2. The van der Waals surface area contributed by atoms with Crippen molar-refractivity contribution in [1.29, 1.82) is 0 Å². The summed E-state index contributed by atoms with van der Waals surface area (Å²) < 4.78 is 53.1. The second-order valence-electron chi connectivity index (χ2n) is 7.37. The Labute approximate surface area is 185 Å². The Kier molecular flexibility index (Phi) is 7.33. The van der Waals surface area contributed by atoms with Crippen LogP contribution in [0.25, 0.3) is 11.0 Å². The molecular formula is C22H24F3NO5S. The number of alkyl halides is 3. The van der Waals surface area contributed by atoms with E-state index < -0.39 is 17.4 Å². The molecule has 0 saturated carbocycles. The molecule has 0 amide bonds. The molecule has 10 heteroatoms. The molecule has 3 rings (SSSR count). The summed E-state index contributed by atoms with van der Waals surface area (Å²) in [5.41, 5.74) is -1.11. The predicted molar refractivity (Wildman–Crippen MR) is 116 cm³/mol. The first kappa shape index (κ1) is 23.9. The van der Waals surface area contributed by atoms with Gasteiger partial charge in [0.2, 0.25) is 5.88 Å². The monoisotopic (exact) mass is 471 g/mol. The van der Waals surface area contributed by atoms with Gasteiger partial charge >= 0.3 is 16.7 Å². The number of ether oxygens (including phenoxy) is 1. The number of thiazole rings is 1. The molecule has 0 fully saturated rings. The van der Waals surface area contributed by atoms with E-state index in [1.54, 1.807) is 6.92 Å². The lowest BCUT2D eigenvalue weighted by Crippen LogP contribution is -2.14. The lowest BCUT2D eigenvalue weighted by Gasteiger charge is -2.19. The van der Waals surface area contributed by atoms with Crippen LogP contribution in [0.1, 0.15) is 49.8 Å². The standard InChI is InChI=1S/C22H24F3NO5S/c1-3-7-13-10-15-16(22(23,24)25)11-18(28)31-20(15)14(4-2)19(13)30-9-6-5-8-26-17(27)12-32-21(26)29/h10-12,27H,3-9H2,1-2H3. The molecular weight excluding hydrogens is 447 g/mol. The lowest BCUT2D eigenvalue weighted by atomic mass is 9.97. The summed E-state index contributed by atoms with van der Waals surface area (Å²) in [5.74, 6) is 0.365. The molecule has 1 aromatic carbocycles. The van der Waals surface area contributed by atoms with Crippen LogP contribution >= 0.6 is 11.3 Å². The van der Waals surface area contributed by atoms with Crippen molar-refractivity contribution >= 4 is 22.3 Å². The molecule has 2 heterocycles. The van der Waals surface area contributed by atoms with E-state index in [4.69, 9.17) is 9.15 Å². The number of halogens is 3. The highest BCUT2D eigenvalue weighted by molar-refractivity contribution is 7.07. The maximum atomic E-state index is 13.6. The van der Waals surface area contributed by atoms with E-state index >= 15 is 0 Å². The number of aromatic nitrogens is 1. The van der Waals surface area contributed by atoms with Crippen LogP contribution in [-0.2, 0) is 25.6 Å². The van der Waals surface area contributed by atoms with Crippen LogP contribution in [0.4, 0.5) is 13.2 Å². The van der Waals surface area contributed by atoms with Gasteiger partial charge in [0.15, 0.2) is 0 Å². The van der Waals surface area contributed by atoms with Crippen molar-refractivity contribution in [3.8, 4) is 11.6 Å². The molecule has 0 unspecified atom stereocenters. The highest BCUT2D eigenvalue weighted by atomic mass is 32.1. The van der Waals surface area contributed by atoms with Gasteiger partial charge in [0.05, 0.1) is 17.6 Å². The van der Waals surface area contributed by atoms with Crippen LogP contribution in [0.2, 0.25) is 0 Å². The molecule has 0 radical (unpaired) electrons. The van der Waals surface area contributed by atoms with Gasteiger partial charge in [0.1, 0.15) is 11.3 Å². The lowest BCUT2D eigenvalue weighted by molar-refractivity contribution is -0.136. The summed E-state index contributed by atoms with van der Waals surface area (Å²) in [6, 6.07) is 1.89. The van der Waals surface area contributed by atoms with Gasteiger partial charge in [-0.1, -0.05) is 31.6 Å². The minimum absolute atomic E-state index is 0.0792. The maximum absolute atomic E-state index is 13.6. The van der Waals surface area contributed by atoms with Crippen LogP contribution in [0.3, 0.4) is 0 Å². The quantitative estimate of drug-likeness (QED) is 0.346. The average molecular weight is 471 g/mol. The first-order chi connectivity index (χ1) is 15.2. The van der Waals surface area contributed by atoms with Crippen LogP contribution in [0.15, 0.2) is 31.5 Å². The highest BCUT2D eigenvalue weighted by Gasteiger charge is 2.35. The molecule has 2 aromatic heterocycles. The molecule has 0 aliphatic heterocycles. The fourth-order valence-corrected chi connectivity index (χ4v) is 4.32. The van der Waals surface area contributed by atoms with Crippen LogP contribution < -0.4 is 15.2 Å². The van der Waals surface area contributed by atoms with Gasteiger partial charge in [-0.3, -0.25) is 9.36 Å². The minimum Gasteiger partial charge on any atom is -0.494 e. The summed E-state index contributed by atoms with van der Waals surface area (Å²) in [4.78, 5) is 23.3. The van der Waals surface area contributed by atoms with Crippen molar-refractivity contribution in [2.24, 2.45) is 0 Å². The summed E-state index contributed by atoms with van der Waals surface area (Å²) in [6.45, 7) is 4.28. The molecule has 3 aromatic rings. The Morgan fingerprint density at radius 2 is 1.94 bits per heavy atom. The molecule has 0 bridgehead atoms. The third-order valence-electron chi connectivity index (χ3n) is 5.12. The van der Waals surface area contributed by atoms with E-state index in [2.05, 4.69) is 0 Å². The smallest absolute Gasteiger partial charge is 0.417 e. The number of aromatic hydroxyl groups is 1. The van der Waals surface area contributed by atoms with Crippen molar-refractivity contribution in [3.63, 3.8) is 0 Å². The number of benzene rings is 1. The largest absolute Gasteiger partial charge is 0.494 e. The molecule has 0 spiro atoms. The number of aryl methyl sites for hydroxylation is 2. The zero-order valence-corrected chi connectivity index (χ0v) is 18.6. The van der Waals surface area contributed by atoms with Crippen molar-refractivity contribution < 1.29 is 27.4 Å². The number of rotatable bonds is 9. The number of hydrogen-bond acceptors (Lipinski definition) is 6. The Bertz CT molecular complexity index is 1210. The maximum Gasteiger partial charge on any atom is 0.417 e. The Balaban J connectivity index is 1.90. The van der Waals surface area contributed by atoms with Gasteiger partial charge in [-0.15, -0.1) is 0 Å². The van der Waals surface area contributed by atoms with Gasteiger partial charge in [-0.2, -0.15) is 13.2 Å². The number of fused-ring (bicyclic) bond motifs is 1. The van der Waals surface area contributed by atoms with E-state index in [1.807, 2.05) is 6.92 Å². The zero-order chi connectivity index (χ0) is 23.5. The predicted octanol–water partition coefficient (Wildman–Crippen LogP) is 5.11. The Hall–Kier alpha value is -2.75. The summed E-state index contributed by atoms with van der Waals surface area (Å²) in [5, 5.41) is 10.9. The Morgan fingerprint density at radius 3 is 2.53 bits per heavy atom. The first-order valence-electron chi connectivity index (χ1n) is 10.4. The molecule has 0 aliphatic rings. The molecule has 0 aliphatic carbocycles. The van der Waals surface area contributed by atoms with Crippen LogP contribution in [-0.4, -0.2) is 16.3 Å². The van der Waals surface area contributed by atoms with Gasteiger partial charge < -0.3 is 14.3 Å². The number of nitrogens with zero attached hydrogens (tertiary/aromatic N) is 1. The van der Waals surface area contributed by atoms with E-state index in [0.29, 0.717) is 61.6 Å². The average Bonchev–Trinajstić information content (AvgIpc) is 3.04. The topological polar surface area (TPSA) is 81.7 Å². The Morgan fingerprint density at radius 1 is 1.19 bits per heavy atom. The molecule has 0 saturated heterocycles. The van der Waals surface area contributed by atoms with Crippen molar-refractivity contribution in [3.05, 3.63) is 54.3 Å². The normalized spacial score (nSPS) is 11.9. The van der Waals surface area contributed by atoms with Crippen molar-refractivity contribution in [1.82, 2.24) is 4.57 Å². The molecule has 32 heavy (non-hydrogen) atoms. The fraction of sp³-hybridized carbons (Fsp3) is 0.455. The summed E-state index contributed by atoms with van der Waals surface area (Å²) >= 11 is 0.919. The third-order valence-corrected chi connectivity index (χ3v) is 5.87. The molecule has 174 valence electrons. The van der Waals surface area contributed by atoms with E-state index in [0.717, 1.165) is 11.3 Å². The molecule has 6 nitrogen and oxygen atoms in total. The SMILES string of the molecule is CCCc1cc2c(C(F)(F)F)cc(=O)oc2c(CC)c1OCCCCn1c(O)csc1=O. The summed E-state index contributed by atoms with van der Waals surface area (Å²) in [7, 11) is 0. The van der Waals surface area contributed by atoms with Gasteiger partial charge in [-0.05, 0) is 37.3 Å². The van der Waals surface area contributed by atoms with Crippen molar-refractivity contribution in [2.75, 3.05) is 6.61 Å². The second kappa shape index (κ2) is 9.81. The van der Waals surface area contributed by atoms with E-state index in [1.165, 1.54) is 16.0 Å². The number of unbranched alkanes of at least 4 members (excludes halogenated alkanes) is 1. The number of hydrogen-bond donors (Lipinski definition) is 1. The fourth-order valence-electron chi connectivity index (χ4n) is 3.67. The van der Waals surface area contributed by atoms with Crippen LogP contribution in [0, 0.1) is 0 Å². The summed E-state index contributed by atoms with van der Waals surface area (Å²) in [6.07, 6.45) is -2.03. The molecule has 1 N–H and O–H groups in total. The van der Waals surface area contributed by atoms with E-state index in [9.17, 15) is 27.9 Å². The molecule has 0 atom stereocenters. The second-order valence-corrected chi connectivity index (χ2v) is 8.19. The van der Waals surface area contributed by atoms with Gasteiger partial charge in [-0.25, -0.2) is 4.79 Å². The van der Waals surface area contributed by atoms with E-state index in [-0.39, 0.29) is 28.3 Å². The van der Waals surface area contributed by atoms with Gasteiger partial charge in [0.25, 0.3) is 0 Å². The van der Waals surface area contributed by atoms with Gasteiger partial charge in [0, 0.05) is 23.6 Å². The van der Waals surface area contributed by atoms with Crippen LogP contribution in [0.5, 0.6) is 11.6 Å².